The van der Waals surface area contributed by atoms with Gasteiger partial charge in [0.05, 0.1) is 25.6 Å². The fourth-order valence-corrected chi connectivity index (χ4v) is 5.13. The fourth-order valence-electron chi connectivity index (χ4n) is 3.78. The predicted molar refractivity (Wildman–Crippen MR) is 107 cm³/mol. The minimum absolute atomic E-state index is 0.269. The number of fused-ring (bicyclic) bond motifs is 5. The zero-order chi connectivity index (χ0) is 20.1. The van der Waals surface area contributed by atoms with Gasteiger partial charge in [0.2, 0.25) is 0 Å². The molecule has 0 unspecified atom stereocenters. The smallest absolute Gasteiger partial charge is 0.407 e. The Labute approximate surface area is 168 Å². The van der Waals surface area contributed by atoms with E-state index < -0.39 is 6.09 Å². The number of ether oxygens (including phenoxy) is 1. The highest BCUT2D eigenvalue weighted by Crippen LogP contribution is 2.36. The summed E-state index contributed by atoms with van der Waals surface area (Å²) in [6.45, 7) is 1.12. The highest BCUT2D eigenvalue weighted by molar-refractivity contribution is 7.19. The van der Waals surface area contributed by atoms with Crippen LogP contribution in [-0.4, -0.2) is 48.9 Å². The van der Waals surface area contributed by atoms with Crippen LogP contribution in [0.5, 0.6) is 5.75 Å². The molecule has 4 aromatic rings. The molecule has 5 rings (SSSR count). The Morgan fingerprint density at radius 1 is 1.31 bits per heavy atom. The molecule has 0 saturated heterocycles. The molecule has 29 heavy (non-hydrogen) atoms. The topological polar surface area (TPSA) is 102 Å². The standard InChI is InChI=1S/C19H17N5O4S/c1-28-12-4-2-11(3-5-12)8-23-17-15(16-20-10-21-24(16)18(23)25)13-6-7-22(19(26)27)9-14(13)29-17/h2-5,10H,6-9H2,1H3,(H,26,27). The maximum absolute atomic E-state index is 13.1. The summed E-state index contributed by atoms with van der Waals surface area (Å²) in [6.07, 6.45) is 1.03. The van der Waals surface area contributed by atoms with E-state index in [4.69, 9.17) is 4.74 Å². The molecule has 0 bridgehead atoms. The number of amides is 1. The molecular weight excluding hydrogens is 394 g/mol. The van der Waals surface area contributed by atoms with Gasteiger partial charge in [-0.05, 0) is 29.7 Å². The first-order valence-electron chi connectivity index (χ1n) is 9.04. The van der Waals surface area contributed by atoms with Gasteiger partial charge in [0.25, 0.3) is 0 Å². The van der Waals surface area contributed by atoms with Gasteiger partial charge in [-0.1, -0.05) is 12.1 Å². The second kappa shape index (κ2) is 6.59. The zero-order valence-corrected chi connectivity index (χ0v) is 16.3. The maximum atomic E-state index is 13.1. The summed E-state index contributed by atoms with van der Waals surface area (Å²) in [5.74, 6) is 0.748. The molecule has 1 aromatic carbocycles. The Kier molecular flexibility index (Phi) is 4.02. The lowest BCUT2D eigenvalue weighted by atomic mass is 10.1. The molecular formula is C19H17N5O4S. The molecule has 4 heterocycles. The molecule has 1 aliphatic heterocycles. The molecule has 1 N–H and O–H groups in total. The predicted octanol–water partition coefficient (Wildman–Crippen LogP) is 2.20. The van der Waals surface area contributed by atoms with E-state index in [1.165, 1.54) is 27.1 Å². The average Bonchev–Trinajstić information content (AvgIpc) is 3.35. The molecule has 0 fully saturated rings. The van der Waals surface area contributed by atoms with Crippen LogP contribution in [0.3, 0.4) is 0 Å². The van der Waals surface area contributed by atoms with E-state index in [1.807, 2.05) is 24.3 Å². The van der Waals surface area contributed by atoms with Gasteiger partial charge in [0, 0.05) is 11.4 Å². The molecule has 9 nitrogen and oxygen atoms in total. The molecule has 0 radical (unpaired) electrons. The number of carboxylic acid groups (broad SMARTS) is 1. The van der Waals surface area contributed by atoms with Crippen molar-refractivity contribution in [2.24, 2.45) is 0 Å². The van der Waals surface area contributed by atoms with Crippen molar-refractivity contribution in [1.82, 2.24) is 24.1 Å². The summed E-state index contributed by atoms with van der Waals surface area (Å²) in [5, 5.41) is 14.4. The van der Waals surface area contributed by atoms with E-state index in [0.717, 1.165) is 32.0 Å². The summed E-state index contributed by atoms with van der Waals surface area (Å²) < 4.78 is 8.21. The van der Waals surface area contributed by atoms with E-state index in [1.54, 1.807) is 11.7 Å². The Morgan fingerprint density at radius 3 is 2.83 bits per heavy atom. The quantitative estimate of drug-likeness (QED) is 0.555. The Balaban J connectivity index is 1.71. The third-order valence-corrected chi connectivity index (χ3v) is 6.48. The van der Waals surface area contributed by atoms with Crippen molar-refractivity contribution in [3.8, 4) is 5.75 Å². The van der Waals surface area contributed by atoms with Gasteiger partial charge in [0.15, 0.2) is 5.65 Å². The molecule has 1 aliphatic rings. The highest BCUT2D eigenvalue weighted by Gasteiger charge is 2.27. The second-order valence-corrected chi connectivity index (χ2v) is 7.93. The van der Waals surface area contributed by atoms with Gasteiger partial charge in [0.1, 0.15) is 16.9 Å². The number of carbonyl (C=O) groups is 1. The zero-order valence-electron chi connectivity index (χ0n) is 15.5. The Morgan fingerprint density at radius 2 is 2.10 bits per heavy atom. The molecule has 1 amide bonds. The maximum Gasteiger partial charge on any atom is 0.407 e. The van der Waals surface area contributed by atoms with Crippen LogP contribution < -0.4 is 10.4 Å². The Bertz CT molecular complexity index is 1300. The minimum atomic E-state index is -0.934. The number of thiophene rings is 1. The van der Waals surface area contributed by atoms with E-state index in [2.05, 4.69) is 10.1 Å². The molecule has 0 spiro atoms. The summed E-state index contributed by atoms with van der Waals surface area (Å²) in [7, 11) is 1.61. The van der Waals surface area contributed by atoms with E-state index in [0.29, 0.717) is 31.7 Å². The van der Waals surface area contributed by atoms with Crippen LogP contribution in [0.25, 0.3) is 15.9 Å². The first kappa shape index (κ1) is 17.7. The number of benzene rings is 1. The largest absolute Gasteiger partial charge is 0.497 e. The normalized spacial score (nSPS) is 13.8. The van der Waals surface area contributed by atoms with Gasteiger partial charge in [-0.3, -0.25) is 4.57 Å². The number of methoxy groups -OCH3 is 1. The van der Waals surface area contributed by atoms with Crippen LogP contribution in [0.15, 0.2) is 35.4 Å². The molecule has 148 valence electrons. The Hall–Kier alpha value is -3.40. The van der Waals surface area contributed by atoms with Gasteiger partial charge in [-0.25, -0.2) is 14.6 Å². The molecule has 0 saturated carbocycles. The van der Waals surface area contributed by atoms with Crippen molar-refractivity contribution in [3.05, 3.63) is 57.1 Å². The number of nitrogens with zero attached hydrogens (tertiary/aromatic N) is 5. The van der Waals surface area contributed by atoms with Crippen molar-refractivity contribution in [1.29, 1.82) is 0 Å². The van der Waals surface area contributed by atoms with Gasteiger partial charge >= 0.3 is 11.8 Å². The van der Waals surface area contributed by atoms with Crippen LogP contribution in [0.4, 0.5) is 4.79 Å². The third-order valence-electron chi connectivity index (χ3n) is 5.24. The van der Waals surface area contributed by atoms with Gasteiger partial charge < -0.3 is 14.7 Å². The molecule has 10 heteroatoms. The lowest BCUT2D eigenvalue weighted by Gasteiger charge is -2.23. The number of aromatic nitrogens is 4. The average molecular weight is 411 g/mol. The van der Waals surface area contributed by atoms with Crippen molar-refractivity contribution in [2.75, 3.05) is 13.7 Å². The van der Waals surface area contributed by atoms with Crippen molar-refractivity contribution < 1.29 is 14.6 Å². The fraction of sp³-hybridized carbons (Fsp3) is 0.263. The van der Waals surface area contributed by atoms with E-state index in [-0.39, 0.29) is 5.69 Å². The first-order valence-corrected chi connectivity index (χ1v) is 9.86. The highest BCUT2D eigenvalue weighted by atomic mass is 32.1. The molecule has 0 aliphatic carbocycles. The monoisotopic (exact) mass is 411 g/mol. The summed E-state index contributed by atoms with van der Waals surface area (Å²) in [4.78, 5) is 32.0. The summed E-state index contributed by atoms with van der Waals surface area (Å²) in [6, 6.07) is 7.55. The number of hydrogen-bond donors (Lipinski definition) is 1. The summed E-state index contributed by atoms with van der Waals surface area (Å²) >= 11 is 1.46. The van der Waals surface area contributed by atoms with Crippen molar-refractivity contribution in [3.63, 3.8) is 0 Å². The number of rotatable bonds is 3. The van der Waals surface area contributed by atoms with Crippen LogP contribution >= 0.6 is 11.3 Å². The minimum Gasteiger partial charge on any atom is -0.497 e. The van der Waals surface area contributed by atoms with Crippen LogP contribution in [0, 0.1) is 0 Å². The first-order chi connectivity index (χ1) is 14.1. The molecule has 3 aromatic heterocycles. The van der Waals surface area contributed by atoms with E-state index >= 15 is 0 Å². The lowest BCUT2D eigenvalue weighted by Crippen LogP contribution is -2.34. The summed E-state index contributed by atoms with van der Waals surface area (Å²) in [5.41, 5.74) is 2.27. The second-order valence-electron chi connectivity index (χ2n) is 6.85. The van der Waals surface area contributed by atoms with Gasteiger partial charge in [-0.2, -0.15) is 9.61 Å². The van der Waals surface area contributed by atoms with Crippen molar-refractivity contribution >= 4 is 33.3 Å². The van der Waals surface area contributed by atoms with Crippen LogP contribution in [-0.2, 0) is 19.5 Å². The van der Waals surface area contributed by atoms with Crippen LogP contribution in [0.1, 0.15) is 16.0 Å². The van der Waals surface area contributed by atoms with Gasteiger partial charge in [-0.15, -0.1) is 11.3 Å². The number of hydrogen-bond acceptors (Lipinski definition) is 6. The SMILES string of the molecule is COc1ccc(Cn2c(=O)n3ncnc3c3c4c(sc32)CN(C(=O)O)CC4)cc1. The lowest BCUT2D eigenvalue weighted by molar-refractivity contribution is 0.140. The molecule has 0 atom stereocenters. The third kappa shape index (κ3) is 2.75. The van der Waals surface area contributed by atoms with Crippen LogP contribution in [0.2, 0.25) is 0 Å². The van der Waals surface area contributed by atoms with Crippen molar-refractivity contribution in [2.45, 2.75) is 19.5 Å². The van der Waals surface area contributed by atoms with E-state index in [9.17, 15) is 14.7 Å².